The van der Waals surface area contributed by atoms with E-state index in [0.717, 1.165) is 38.5 Å². The summed E-state index contributed by atoms with van der Waals surface area (Å²) in [6, 6.07) is 6.81. The normalized spacial score (nSPS) is 30.4. The van der Waals surface area contributed by atoms with Crippen LogP contribution in [-0.4, -0.2) is 48.2 Å². The highest BCUT2D eigenvalue weighted by molar-refractivity contribution is 5.98. The van der Waals surface area contributed by atoms with Gasteiger partial charge in [-0.05, 0) is 62.6 Å². The molecule has 146 valence electrons. The van der Waals surface area contributed by atoms with Crippen molar-refractivity contribution in [2.45, 2.75) is 63.3 Å². The van der Waals surface area contributed by atoms with Crippen molar-refractivity contribution in [1.82, 2.24) is 10.2 Å². The van der Waals surface area contributed by atoms with E-state index in [-0.39, 0.29) is 24.5 Å². The second kappa shape index (κ2) is 7.15. The van der Waals surface area contributed by atoms with Crippen LogP contribution in [0.25, 0.3) is 0 Å². The molecule has 6 heteroatoms. The summed E-state index contributed by atoms with van der Waals surface area (Å²) in [4.78, 5) is 28.1. The first-order valence-corrected chi connectivity index (χ1v) is 9.94. The monoisotopic (exact) mass is 372 g/mol. The molecule has 1 N–H and O–H groups in total. The number of hydrogen-bond acceptors (Lipinski definition) is 4. The van der Waals surface area contributed by atoms with E-state index in [1.165, 1.54) is 0 Å². The first-order chi connectivity index (χ1) is 13.0. The maximum atomic E-state index is 13.5. The lowest BCUT2D eigenvalue weighted by molar-refractivity contribution is -0.128. The van der Waals surface area contributed by atoms with Crippen LogP contribution in [0, 0.1) is 5.92 Å². The third kappa shape index (κ3) is 3.55. The van der Waals surface area contributed by atoms with Crippen molar-refractivity contribution in [3.63, 3.8) is 0 Å². The Hall–Kier alpha value is -2.08. The fourth-order valence-electron chi connectivity index (χ4n) is 4.20. The zero-order chi connectivity index (χ0) is 19.0. The van der Waals surface area contributed by atoms with Crippen LogP contribution in [0.1, 0.15) is 55.8 Å². The third-order valence-electron chi connectivity index (χ3n) is 6.08. The summed E-state index contributed by atoms with van der Waals surface area (Å²) in [5, 5.41) is 3.05. The summed E-state index contributed by atoms with van der Waals surface area (Å²) in [6.45, 7) is 2.50. The summed E-state index contributed by atoms with van der Waals surface area (Å²) in [5.74, 6) is 1.000. The number of amides is 2. The number of methoxy groups -OCH3 is 1. The number of carbonyl (C=O) groups excluding carboxylic acids is 2. The zero-order valence-electron chi connectivity index (χ0n) is 16.1. The van der Waals surface area contributed by atoms with Gasteiger partial charge < -0.3 is 14.8 Å². The molecule has 1 saturated heterocycles. The maximum Gasteiger partial charge on any atom is 0.257 e. The van der Waals surface area contributed by atoms with Crippen molar-refractivity contribution in [3.8, 4) is 5.75 Å². The van der Waals surface area contributed by atoms with Gasteiger partial charge in [-0.25, -0.2) is 0 Å². The Balaban J connectivity index is 1.64. The molecule has 0 bridgehead atoms. The minimum Gasteiger partial charge on any atom is -0.497 e. The van der Waals surface area contributed by atoms with Gasteiger partial charge in [-0.1, -0.05) is 13.0 Å². The van der Waals surface area contributed by atoms with Crippen molar-refractivity contribution in [3.05, 3.63) is 29.8 Å². The first-order valence-electron chi connectivity index (χ1n) is 9.94. The Labute approximate surface area is 160 Å². The summed E-state index contributed by atoms with van der Waals surface area (Å²) in [7, 11) is 1.58. The van der Waals surface area contributed by atoms with Crippen LogP contribution >= 0.6 is 0 Å². The Kier molecular flexibility index (Phi) is 4.84. The Bertz CT molecular complexity index is 723. The Morgan fingerprint density at radius 1 is 1.22 bits per heavy atom. The summed E-state index contributed by atoms with van der Waals surface area (Å²) in [5.41, 5.74) is -0.139. The molecule has 1 aromatic rings. The summed E-state index contributed by atoms with van der Waals surface area (Å²) < 4.78 is 11.5. The quantitative estimate of drug-likeness (QED) is 0.882. The highest BCUT2D eigenvalue weighted by atomic mass is 16.5. The predicted molar refractivity (Wildman–Crippen MR) is 100 cm³/mol. The Morgan fingerprint density at radius 3 is 2.63 bits per heavy atom. The highest BCUT2D eigenvalue weighted by Crippen LogP contribution is 2.43. The van der Waals surface area contributed by atoms with Gasteiger partial charge in [0.1, 0.15) is 17.5 Å². The van der Waals surface area contributed by atoms with Gasteiger partial charge in [-0.3, -0.25) is 14.5 Å². The molecule has 4 rings (SSSR count). The lowest BCUT2D eigenvalue weighted by Crippen LogP contribution is -2.57. The van der Waals surface area contributed by atoms with Crippen LogP contribution in [0.4, 0.5) is 0 Å². The topological polar surface area (TPSA) is 67.9 Å². The van der Waals surface area contributed by atoms with E-state index >= 15 is 0 Å². The molecule has 6 nitrogen and oxygen atoms in total. The molecule has 1 aromatic carbocycles. The largest absolute Gasteiger partial charge is 0.497 e. The van der Waals surface area contributed by atoms with E-state index in [0.29, 0.717) is 17.2 Å². The van der Waals surface area contributed by atoms with Crippen molar-refractivity contribution in [2.24, 2.45) is 5.92 Å². The van der Waals surface area contributed by atoms with Crippen LogP contribution in [0.2, 0.25) is 0 Å². The molecular formula is C21H28N2O4. The summed E-state index contributed by atoms with van der Waals surface area (Å²) >= 11 is 0. The van der Waals surface area contributed by atoms with E-state index in [9.17, 15) is 9.59 Å². The van der Waals surface area contributed by atoms with Crippen LogP contribution in [0.3, 0.4) is 0 Å². The van der Waals surface area contributed by atoms with E-state index in [4.69, 9.17) is 9.47 Å². The number of nitrogens with zero attached hydrogens (tertiary/aromatic N) is 1. The lowest BCUT2D eigenvalue weighted by atomic mass is 9.83. The van der Waals surface area contributed by atoms with Crippen LogP contribution in [0.5, 0.6) is 5.75 Å². The van der Waals surface area contributed by atoms with Crippen LogP contribution in [0.15, 0.2) is 24.3 Å². The molecule has 0 aromatic heterocycles. The minimum atomic E-state index is -0.668. The number of benzene rings is 1. The maximum absolute atomic E-state index is 13.5. The molecule has 2 saturated carbocycles. The van der Waals surface area contributed by atoms with Gasteiger partial charge in [-0.2, -0.15) is 0 Å². The van der Waals surface area contributed by atoms with Crippen LogP contribution in [-0.2, 0) is 9.53 Å². The predicted octanol–water partition coefficient (Wildman–Crippen LogP) is 2.72. The zero-order valence-corrected chi connectivity index (χ0v) is 16.1. The highest BCUT2D eigenvalue weighted by Gasteiger charge is 2.54. The van der Waals surface area contributed by atoms with Crippen molar-refractivity contribution >= 4 is 11.8 Å². The molecular weight excluding hydrogens is 344 g/mol. The second-order valence-electron chi connectivity index (χ2n) is 8.15. The SMILES string of the molecule is COc1cccc(C(=O)N2[C@@H](C(=O)NC3CC3)COC23CCC(C)CC3)c1. The van der Waals surface area contributed by atoms with E-state index in [1.54, 1.807) is 30.2 Å². The molecule has 1 aliphatic heterocycles. The molecule has 2 amide bonds. The van der Waals surface area contributed by atoms with Gasteiger partial charge in [0.25, 0.3) is 5.91 Å². The number of rotatable bonds is 4. The van der Waals surface area contributed by atoms with E-state index < -0.39 is 11.8 Å². The van der Waals surface area contributed by atoms with Gasteiger partial charge in [-0.15, -0.1) is 0 Å². The van der Waals surface area contributed by atoms with Gasteiger partial charge in [0, 0.05) is 11.6 Å². The molecule has 27 heavy (non-hydrogen) atoms. The van der Waals surface area contributed by atoms with Gasteiger partial charge in [0.05, 0.1) is 13.7 Å². The molecule has 2 aliphatic carbocycles. The van der Waals surface area contributed by atoms with E-state index in [1.807, 2.05) is 6.07 Å². The molecule has 0 unspecified atom stereocenters. The smallest absolute Gasteiger partial charge is 0.257 e. The number of ether oxygens (including phenoxy) is 2. The number of nitrogens with one attached hydrogen (secondary N) is 1. The van der Waals surface area contributed by atoms with Crippen molar-refractivity contribution in [1.29, 1.82) is 0 Å². The minimum absolute atomic E-state index is 0.0933. The van der Waals surface area contributed by atoms with Crippen LogP contribution < -0.4 is 10.1 Å². The number of hydrogen-bond donors (Lipinski definition) is 1. The average molecular weight is 372 g/mol. The van der Waals surface area contributed by atoms with Gasteiger partial charge in [0.2, 0.25) is 5.91 Å². The van der Waals surface area contributed by atoms with Crippen molar-refractivity contribution in [2.75, 3.05) is 13.7 Å². The third-order valence-corrected chi connectivity index (χ3v) is 6.08. The molecule has 3 aliphatic rings. The lowest BCUT2D eigenvalue weighted by Gasteiger charge is -2.43. The fraction of sp³-hybridized carbons (Fsp3) is 0.619. The average Bonchev–Trinajstić information content (AvgIpc) is 3.43. The van der Waals surface area contributed by atoms with E-state index in [2.05, 4.69) is 12.2 Å². The molecule has 0 radical (unpaired) electrons. The Morgan fingerprint density at radius 2 is 1.96 bits per heavy atom. The molecule has 1 atom stereocenters. The van der Waals surface area contributed by atoms with Crippen molar-refractivity contribution < 1.29 is 19.1 Å². The standard InChI is InChI=1S/C21H28N2O4/c1-14-8-10-21(11-9-14)23(18(13-27-21)19(24)22-16-6-7-16)20(25)15-4-3-5-17(12-15)26-2/h3-5,12,14,16,18H,6-11,13H2,1-2H3,(H,22,24)/t14?,18-,21?/m1/s1. The van der Waals surface area contributed by atoms with Gasteiger partial charge >= 0.3 is 0 Å². The van der Waals surface area contributed by atoms with Gasteiger partial charge in [0.15, 0.2) is 0 Å². The fourth-order valence-corrected chi connectivity index (χ4v) is 4.20. The number of carbonyl (C=O) groups is 2. The molecule has 1 spiro atoms. The first kappa shape index (κ1) is 18.3. The second-order valence-corrected chi connectivity index (χ2v) is 8.15. The molecule has 3 fully saturated rings. The molecule has 1 heterocycles. The summed E-state index contributed by atoms with van der Waals surface area (Å²) in [6.07, 6.45) is 5.59.